The predicted octanol–water partition coefficient (Wildman–Crippen LogP) is 2.32. The highest BCUT2D eigenvalue weighted by Crippen LogP contribution is 2.09. The number of ether oxygens (including phenoxy) is 1. The summed E-state index contributed by atoms with van der Waals surface area (Å²) in [5, 5.41) is 4.09. The molecule has 16 heavy (non-hydrogen) atoms. The van der Waals surface area contributed by atoms with Crippen molar-refractivity contribution in [1.82, 2.24) is 9.78 Å². The van der Waals surface area contributed by atoms with Gasteiger partial charge in [0.05, 0.1) is 11.8 Å². The Morgan fingerprint density at radius 3 is 2.69 bits per heavy atom. The third kappa shape index (κ3) is 3.90. The third-order valence-electron chi connectivity index (χ3n) is 2.48. The zero-order chi connectivity index (χ0) is 12.2. The summed E-state index contributed by atoms with van der Waals surface area (Å²) in [6.07, 6.45) is 2.39. The lowest BCUT2D eigenvalue weighted by molar-refractivity contribution is 0.0770. The van der Waals surface area contributed by atoms with Crippen molar-refractivity contribution < 1.29 is 9.53 Å². The van der Waals surface area contributed by atoms with Crippen molar-refractivity contribution in [3.63, 3.8) is 0 Å². The Balaban J connectivity index is 2.38. The van der Waals surface area contributed by atoms with Gasteiger partial charge in [-0.3, -0.25) is 4.79 Å². The molecule has 0 saturated heterocycles. The Bertz CT molecular complexity index is 355. The van der Waals surface area contributed by atoms with Crippen LogP contribution in [0.4, 0.5) is 0 Å². The van der Waals surface area contributed by atoms with E-state index in [2.05, 4.69) is 24.7 Å². The van der Waals surface area contributed by atoms with E-state index in [-0.39, 0.29) is 0 Å². The molecular formula is C11H20N2O2Si. The number of hydrogen-bond donors (Lipinski definition) is 0. The minimum absolute atomic E-state index is 0.435. The number of aldehydes is 1. The van der Waals surface area contributed by atoms with Crippen LogP contribution in [-0.4, -0.2) is 30.7 Å². The van der Waals surface area contributed by atoms with E-state index in [1.807, 2.05) is 6.92 Å². The van der Waals surface area contributed by atoms with Gasteiger partial charge in [0.2, 0.25) is 0 Å². The fourth-order valence-electron chi connectivity index (χ4n) is 1.24. The number of nitrogens with zero attached hydrogens (tertiary/aromatic N) is 2. The second-order valence-electron chi connectivity index (χ2n) is 5.15. The quantitative estimate of drug-likeness (QED) is 0.435. The fraction of sp³-hybridized carbons (Fsp3) is 0.636. The molecular weight excluding hydrogens is 220 g/mol. The van der Waals surface area contributed by atoms with Crippen molar-refractivity contribution in [2.24, 2.45) is 0 Å². The zero-order valence-corrected chi connectivity index (χ0v) is 11.5. The molecule has 0 N–H and O–H groups in total. The molecule has 0 fully saturated rings. The van der Waals surface area contributed by atoms with Crippen molar-refractivity contribution in [3.8, 4) is 0 Å². The highest BCUT2D eigenvalue weighted by molar-refractivity contribution is 6.76. The minimum atomic E-state index is -1.02. The van der Waals surface area contributed by atoms with Gasteiger partial charge in [0.15, 0.2) is 6.29 Å². The molecule has 0 spiro atoms. The Hall–Kier alpha value is -0.943. The molecule has 0 aliphatic carbocycles. The van der Waals surface area contributed by atoms with Crippen molar-refractivity contribution in [2.75, 3.05) is 6.61 Å². The van der Waals surface area contributed by atoms with Crippen LogP contribution >= 0.6 is 0 Å². The van der Waals surface area contributed by atoms with E-state index in [1.54, 1.807) is 10.9 Å². The highest BCUT2D eigenvalue weighted by atomic mass is 28.3. The third-order valence-corrected chi connectivity index (χ3v) is 4.18. The van der Waals surface area contributed by atoms with Crippen LogP contribution in [0.1, 0.15) is 16.1 Å². The van der Waals surface area contributed by atoms with Crippen LogP contribution in [0.15, 0.2) is 6.20 Å². The van der Waals surface area contributed by atoms with Gasteiger partial charge in [-0.25, -0.2) is 4.68 Å². The first kappa shape index (κ1) is 13.1. The number of carbonyl (C=O) groups excluding carboxylic acids is 1. The van der Waals surface area contributed by atoms with Crippen LogP contribution in [0.5, 0.6) is 0 Å². The molecule has 1 aromatic rings. The van der Waals surface area contributed by atoms with Gasteiger partial charge in [-0.15, -0.1) is 0 Å². The van der Waals surface area contributed by atoms with Gasteiger partial charge in [0, 0.05) is 20.4 Å². The molecule has 0 radical (unpaired) electrons. The van der Waals surface area contributed by atoms with Gasteiger partial charge in [-0.2, -0.15) is 5.10 Å². The summed E-state index contributed by atoms with van der Waals surface area (Å²) < 4.78 is 7.27. The largest absolute Gasteiger partial charge is 0.360 e. The van der Waals surface area contributed by atoms with E-state index in [4.69, 9.17) is 4.74 Å². The van der Waals surface area contributed by atoms with E-state index in [0.717, 1.165) is 24.6 Å². The lowest BCUT2D eigenvalue weighted by Crippen LogP contribution is -2.22. The second kappa shape index (κ2) is 5.40. The maximum atomic E-state index is 10.6. The lowest BCUT2D eigenvalue weighted by Gasteiger charge is -2.15. The molecule has 1 rings (SSSR count). The van der Waals surface area contributed by atoms with Gasteiger partial charge < -0.3 is 4.74 Å². The molecule has 0 atom stereocenters. The first-order valence-electron chi connectivity index (χ1n) is 5.49. The fourth-order valence-corrected chi connectivity index (χ4v) is 1.99. The molecule has 0 amide bonds. The van der Waals surface area contributed by atoms with Crippen LogP contribution in [0.3, 0.4) is 0 Å². The van der Waals surface area contributed by atoms with Crippen LogP contribution in [-0.2, 0) is 11.5 Å². The van der Waals surface area contributed by atoms with Crippen molar-refractivity contribution in [3.05, 3.63) is 17.5 Å². The van der Waals surface area contributed by atoms with Gasteiger partial charge >= 0.3 is 0 Å². The minimum Gasteiger partial charge on any atom is -0.360 e. The molecule has 0 aliphatic rings. The van der Waals surface area contributed by atoms with Gasteiger partial charge in [-0.1, -0.05) is 19.6 Å². The van der Waals surface area contributed by atoms with Crippen LogP contribution in [0.2, 0.25) is 25.7 Å². The topological polar surface area (TPSA) is 44.1 Å². The molecule has 4 nitrogen and oxygen atoms in total. The monoisotopic (exact) mass is 240 g/mol. The van der Waals surface area contributed by atoms with Crippen LogP contribution in [0, 0.1) is 6.92 Å². The Kier molecular flexibility index (Phi) is 4.43. The molecule has 1 aromatic heterocycles. The molecule has 0 saturated carbocycles. The van der Waals surface area contributed by atoms with Crippen LogP contribution in [0.25, 0.3) is 0 Å². The Morgan fingerprint density at radius 2 is 2.19 bits per heavy atom. The highest BCUT2D eigenvalue weighted by Gasteiger charge is 2.12. The number of aromatic nitrogens is 2. The van der Waals surface area contributed by atoms with E-state index in [1.165, 1.54) is 0 Å². The van der Waals surface area contributed by atoms with E-state index in [9.17, 15) is 4.79 Å². The summed E-state index contributed by atoms with van der Waals surface area (Å²) in [6, 6.07) is 1.15. The zero-order valence-electron chi connectivity index (χ0n) is 10.5. The average molecular weight is 240 g/mol. The average Bonchev–Trinajstić information content (AvgIpc) is 2.53. The maximum Gasteiger partial charge on any atom is 0.153 e. The number of hydrogen-bond acceptors (Lipinski definition) is 3. The van der Waals surface area contributed by atoms with E-state index < -0.39 is 8.07 Å². The predicted molar refractivity (Wildman–Crippen MR) is 66.5 cm³/mol. The molecule has 0 bridgehead atoms. The molecule has 0 unspecified atom stereocenters. The SMILES string of the molecule is Cc1c(C=O)cnn1COCC[Si](C)(C)C. The molecule has 1 heterocycles. The lowest BCUT2D eigenvalue weighted by atomic mass is 10.3. The number of carbonyl (C=O) groups is 1. The molecule has 0 aromatic carbocycles. The summed E-state index contributed by atoms with van der Waals surface area (Å²) >= 11 is 0. The van der Waals surface area contributed by atoms with Crippen LogP contribution < -0.4 is 0 Å². The number of rotatable bonds is 6. The Labute approximate surface area is 97.6 Å². The van der Waals surface area contributed by atoms with Gasteiger partial charge in [0.25, 0.3) is 0 Å². The summed E-state index contributed by atoms with van der Waals surface area (Å²) in [7, 11) is -1.02. The first-order valence-corrected chi connectivity index (χ1v) is 9.20. The Morgan fingerprint density at radius 1 is 1.50 bits per heavy atom. The summed E-state index contributed by atoms with van der Waals surface area (Å²) in [5.41, 5.74) is 1.50. The molecule has 0 aliphatic heterocycles. The normalized spacial score (nSPS) is 11.8. The van der Waals surface area contributed by atoms with Crippen molar-refractivity contribution in [1.29, 1.82) is 0 Å². The van der Waals surface area contributed by atoms with Crippen molar-refractivity contribution >= 4 is 14.4 Å². The summed E-state index contributed by atoms with van der Waals surface area (Å²) in [6.45, 7) is 10.0. The summed E-state index contributed by atoms with van der Waals surface area (Å²) in [5.74, 6) is 0. The van der Waals surface area contributed by atoms with E-state index >= 15 is 0 Å². The molecule has 90 valence electrons. The van der Waals surface area contributed by atoms with E-state index in [0.29, 0.717) is 12.3 Å². The molecule has 5 heteroatoms. The second-order valence-corrected chi connectivity index (χ2v) is 10.8. The maximum absolute atomic E-state index is 10.6. The smallest absolute Gasteiger partial charge is 0.153 e. The standard InChI is InChI=1S/C11H20N2O2Si/c1-10-11(8-14)7-12-13(10)9-15-5-6-16(2,3)4/h7-8H,5-6,9H2,1-4H3. The van der Waals surface area contributed by atoms with Crippen molar-refractivity contribution in [2.45, 2.75) is 39.3 Å². The van der Waals surface area contributed by atoms with Gasteiger partial charge in [-0.05, 0) is 13.0 Å². The first-order chi connectivity index (χ1) is 7.44. The summed E-state index contributed by atoms with van der Waals surface area (Å²) in [4.78, 5) is 10.6. The van der Waals surface area contributed by atoms with Gasteiger partial charge in [0.1, 0.15) is 6.73 Å².